The van der Waals surface area contributed by atoms with E-state index in [4.69, 9.17) is 4.74 Å². The Bertz CT molecular complexity index is 1030. The zero-order valence-electron chi connectivity index (χ0n) is 15.9. The third-order valence-corrected chi connectivity index (χ3v) is 4.16. The molecule has 7 heteroatoms. The normalized spacial score (nSPS) is 10.2. The lowest BCUT2D eigenvalue weighted by molar-refractivity contribution is -0.120. The second kappa shape index (κ2) is 9.36. The van der Waals surface area contributed by atoms with Crippen molar-refractivity contribution in [3.05, 3.63) is 77.9 Å². The molecule has 29 heavy (non-hydrogen) atoms. The van der Waals surface area contributed by atoms with Gasteiger partial charge in [-0.3, -0.25) is 25.2 Å². The van der Waals surface area contributed by atoms with E-state index in [0.29, 0.717) is 23.5 Å². The standard InChI is InChI=1S/C22H21N3O4/c1-2-29-19-11-9-16(10-12-19)22(28)25-24-20(26)14-23-21(27)18-8-7-15-5-3-4-6-17(15)13-18/h3-13H,2,14H2,1H3,(H,23,27)(H,24,26)(H,25,28). The minimum absolute atomic E-state index is 0.269. The number of ether oxygens (including phenoxy) is 1. The number of hydrazine groups is 1. The van der Waals surface area contributed by atoms with E-state index >= 15 is 0 Å². The molecule has 0 aliphatic carbocycles. The van der Waals surface area contributed by atoms with Crippen molar-refractivity contribution in [1.82, 2.24) is 16.2 Å². The minimum Gasteiger partial charge on any atom is -0.494 e. The number of carbonyl (C=O) groups is 3. The summed E-state index contributed by atoms with van der Waals surface area (Å²) in [5.41, 5.74) is 5.40. The Morgan fingerprint density at radius 1 is 0.793 bits per heavy atom. The van der Waals surface area contributed by atoms with Crippen molar-refractivity contribution in [2.45, 2.75) is 6.92 Å². The number of hydrogen-bond donors (Lipinski definition) is 3. The molecule has 0 spiro atoms. The first-order valence-electron chi connectivity index (χ1n) is 9.16. The van der Waals surface area contributed by atoms with E-state index in [1.54, 1.807) is 36.4 Å². The lowest BCUT2D eigenvalue weighted by Crippen LogP contribution is -2.46. The van der Waals surface area contributed by atoms with Crippen LogP contribution < -0.4 is 20.9 Å². The topological polar surface area (TPSA) is 96.5 Å². The quantitative estimate of drug-likeness (QED) is 0.562. The highest BCUT2D eigenvalue weighted by atomic mass is 16.5. The van der Waals surface area contributed by atoms with Crippen LogP contribution >= 0.6 is 0 Å². The molecule has 0 atom stereocenters. The zero-order chi connectivity index (χ0) is 20.6. The number of fused-ring (bicyclic) bond motifs is 1. The van der Waals surface area contributed by atoms with Gasteiger partial charge in [0.2, 0.25) is 0 Å². The Labute approximate surface area is 168 Å². The third kappa shape index (κ3) is 5.32. The number of carbonyl (C=O) groups excluding carboxylic acids is 3. The van der Waals surface area contributed by atoms with E-state index in [0.717, 1.165) is 10.8 Å². The molecule has 0 saturated carbocycles. The molecule has 0 aliphatic heterocycles. The Balaban J connectivity index is 1.47. The highest BCUT2D eigenvalue weighted by Gasteiger charge is 2.10. The number of amides is 3. The van der Waals surface area contributed by atoms with E-state index in [-0.39, 0.29) is 12.5 Å². The fourth-order valence-corrected chi connectivity index (χ4v) is 2.71. The van der Waals surface area contributed by atoms with E-state index in [1.807, 2.05) is 37.3 Å². The molecule has 0 fully saturated rings. The highest BCUT2D eigenvalue weighted by molar-refractivity contribution is 6.00. The minimum atomic E-state index is -0.543. The molecule has 0 heterocycles. The summed E-state index contributed by atoms with van der Waals surface area (Å²) in [4.78, 5) is 36.2. The summed E-state index contributed by atoms with van der Waals surface area (Å²) in [5.74, 6) is -0.728. The fourth-order valence-electron chi connectivity index (χ4n) is 2.71. The zero-order valence-corrected chi connectivity index (χ0v) is 15.9. The van der Waals surface area contributed by atoms with Gasteiger partial charge in [-0.25, -0.2) is 0 Å². The summed E-state index contributed by atoms with van der Waals surface area (Å²) >= 11 is 0. The molecular weight excluding hydrogens is 370 g/mol. The van der Waals surface area contributed by atoms with E-state index in [9.17, 15) is 14.4 Å². The second-order valence-corrected chi connectivity index (χ2v) is 6.20. The molecule has 7 nitrogen and oxygen atoms in total. The Hall–Kier alpha value is -3.87. The van der Waals surface area contributed by atoms with E-state index in [1.165, 1.54) is 0 Å². The van der Waals surface area contributed by atoms with Crippen molar-refractivity contribution in [2.24, 2.45) is 0 Å². The van der Waals surface area contributed by atoms with Crippen LogP contribution in [-0.2, 0) is 4.79 Å². The predicted octanol–water partition coefficient (Wildman–Crippen LogP) is 2.43. The third-order valence-electron chi connectivity index (χ3n) is 4.16. The summed E-state index contributed by atoms with van der Waals surface area (Å²) in [6, 6.07) is 19.5. The first-order chi connectivity index (χ1) is 14.1. The Morgan fingerprint density at radius 2 is 1.48 bits per heavy atom. The van der Waals surface area contributed by atoms with Crippen molar-refractivity contribution >= 4 is 28.5 Å². The first kappa shape index (κ1) is 19.9. The van der Waals surface area contributed by atoms with Crippen LogP contribution in [0.1, 0.15) is 27.6 Å². The molecule has 0 aromatic heterocycles. The molecule has 0 radical (unpaired) electrons. The first-order valence-corrected chi connectivity index (χ1v) is 9.16. The van der Waals surface area contributed by atoms with Crippen LogP contribution in [0.3, 0.4) is 0 Å². The van der Waals surface area contributed by atoms with E-state index in [2.05, 4.69) is 16.2 Å². The number of rotatable bonds is 6. The van der Waals surface area contributed by atoms with E-state index < -0.39 is 11.8 Å². The summed E-state index contributed by atoms with van der Waals surface area (Å²) in [6.45, 7) is 2.14. The molecule has 3 aromatic carbocycles. The van der Waals surface area contributed by atoms with Gasteiger partial charge < -0.3 is 10.1 Å². The van der Waals surface area contributed by atoms with Crippen LogP contribution in [0, 0.1) is 0 Å². The predicted molar refractivity (Wildman–Crippen MR) is 110 cm³/mol. The maximum atomic E-state index is 12.2. The molecule has 3 N–H and O–H groups in total. The highest BCUT2D eigenvalue weighted by Crippen LogP contribution is 2.15. The number of benzene rings is 3. The molecule has 148 valence electrons. The van der Waals surface area contributed by atoms with Crippen molar-refractivity contribution < 1.29 is 19.1 Å². The maximum absolute atomic E-state index is 12.2. The smallest absolute Gasteiger partial charge is 0.269 e. The van der Waals surface area contributed by atoms with Crippen molar-refractivity contribution in [1.29, 1.82) is 0 Å². The van der Waals surface area contributed by atoms with Gasteiger partial charge in [-0.1, -0.05) is 30.3 Å². The second-order valence-electron chi connectivity index (χ2n) is 6.20. The number of nitrogens with one attached hydrogen (secondary N) is 3. The molecule has 0 aliphatic rings. The van der Waals surface area contributed by atoms with Crippen molar-refractivity contribution in [2.75, 3.05) is 13.2 Å². The largest absolute Gasteiger partial charge is 0.494 e. The Morgan fingerprint density at radius 3 is 2.21 bits per heavy atom. The molecule has 0 bridgehead atoms. The molecule has 0 saturated heterocycles. The molecular formula is C22H21N3O4. The summed E-state index contributed by atoms with van der Waals surface area (Å²) in [5, 5.41) is 4.49. The summed E-state index contributed by atoms with van der Waals surface area (Å²) < 4.78 is 5.31. The maximum Gasteiger partial charge on any atom is 0.269 e. The molecule has 3 amide bonds. The molecule has 0 unspecified atom stereocenters. The molecule has 3 aromatic rings. The lowest BCUT2D eigenvalue weighted by atomic mass is 10.1. The van der Waals surface area contributed by atoms with Gasteiger partial charge >= 0.3 is 0 Å². The monoisotopic (exact) mass is 391 g/mol. The average Bonchev–Trinajstić information content (AvgIpc) is 2.76. The van der Waals surface area contributed by atoms with Crippen LogP contribution in [0.4, 0.5) is 0 Å². The van der Waals surface area contributed by atoms with Crippen LogP contribution in [0.15, 0.2) is 66.7 Å². The summed E-state index contributed by atoms with van der Waals surface area (Å²) in [7, 11) is 0. The van der Waals surface area contributed by atoms with Gasteiger partial charge in [0.1, 0.15) is 5.75 Å². The van der Waals surface area contributed by atoms with Gasteiger partial charge in [0.15, 0.2) is 0 Å². The average molecular weight is 391 g/mol. The van der Waals surface area contributed by atoms with Gasteiger partial charge in [0.25, 0.3) is 17.7 Å². The number of hydrogen-bond acceptors (Lipinski definition) is 4. The SMILES string of the molecule is CCOc1ccc(C(=O)NNC(=O)CNC(=O)c2ccc3ccccc3c2)cc1. The summed E-state index contributed by atoms with van der Waals surface area (Å²) in [6.07, 6.45) is 0. The van der Waals surface area contributed by atoms with Crippen LogP contribution in [0.5, 0.6) is 5.75 Å². The van der Waals surface area contributed by atoms with Gasteiger partial charge in [0.05, 0.1) is 13.2 Å². The van der Waals surface area contributed by atoms with Gasteiger partial charge in [-0.05, 0) is 54.1 Å². The fraction of sp³-hybridized carbons (Fsp3) is 0.136. The van der Waals surface area contributed by atoms with Crippen LogP contribution in [0.2, 0.25) is 0 Å². The molecule has 3 rings (SSSR count). The van der Waals surface area contributed by atoms with Crippen LogP contribution in [0.25, 0.3) is 10.8 Å². The Kier molecular flexibility index (Phi) is 6.42. The van der Waals surface area contributed by atoms with Gasteiger partial charge in [-0.2, -0.15) is 0 Å². The lowest BCUT2D eigenvalue weighted by Gasteiger charge is -2.09. The van der Waals surface area contributed by atoms with Crippen molar-refractivity contribution in [3.63, 3.8) is 0 Å². The van der Waals surface area contributed by atoms with Gasteiger partial charge in [-0.15, -0.1) is 0 Å². The van der Waals surface area contributed by atoms with Gasteiger partial charge in [0, 0.05) is 11.1 Å². The van der Waals surface area contributed by atoms with Crippen LogP contribution in [-0.4, -0.2) is 30.9 Å². The van der Waals surface area contributed by atoms with Crippen molar-refractivity contribution in [3.8, 4) is 5.75 Å².